The Hall–Kier alpha value is -1.46. The standard InChI is InChI=1S/C11H14FNO3/c1-7-3-2-4-9(10(7)12)11(16)13-5-8(15)6-14/h2-4,8,14-15H,5-6H2,1H3,(H,13,16). The van der Waals surface area contributed by atoms with Crippen molar-refractivity contribution in [2.75, 3.05) is 13.2 Å². The van der Waals surface area contributed by atoms with Crippen LogP contribution in [0.25, 0.3) is 0 Å². The van der Waals surface area contributed by atoms with E-state index in [0.717, 1.165) is 0 Å². The van der Waals surface area contributed by atoms with E-state index in [9.17, 15) is 9.18 Å². The summed E-state index contributed by atoms with van der Waals surface area (Å²) in [4.78, 5) is 11.5. The average Bonchev–Trinajstić information content (AvgIpc) is 2.29. The second kappa shape index (κ2) is 5.58. The van der Waals surface area contributed by atoms with Crippen molar-refractivity contribution in [1.82, 2.24) is 5.32 Å². The predicted octanol–water partition coefficient (Wildman–Crippen LogP) is 0.217. The van der Waals surface area contributed by atoms with Crippen LogP contribution in [0, 0.1) is 12.7 Å². The van der Waals surface area contributed by atoms with Crippen molar-refractivity contribution in [3.8, 4) is 0 Å². The minimum atomic E-state index is -1.03. The summed E-state index contributed by atoms with van der Waals surface area (Å²) in [6.45, 7) is 1.01. The smallest absolute Gasteiger partial charge is 0.254 e. The van der Waals surface area contributed by atoms with Gasteiger partial charge in [0.15, 0.2) is 0 Å². The summed E-state index contributed by atoms with van der Waals surface area (Å²) in [6, 6.07) is 4.51. The zero-order valence-corrected chi connectivity index (χ0v) is 8.90. The summed E-state index contributed by atoms with van der Waals surface area (Å²) in [6.07, 6.45) is -1.03. The number of benzene rings is 1. The molecule has 88 valence electrons. The number of halogens is 1. The summed E-state index contributed by atoms with van der Waals surface area (Å²) in [5, 5.41) is 19.9. The molecule has 0 fully saturated rings. The minimum Gasteiger partial charge on any atom is -0.394 e. The molecule has 3 N–H and O–H groups in total. The number of aryl methyl sites for hydroxylation is 1. The Balaban J connectivity index is 2.70. The highest BCUT2D eigenvalue weighted by Crippen LogP contribution is 2.11. The van der Waals surface area contributed by atoms with Crippen LogP contribution in [0.5, 0.6) is 0 Å². The van der Waals surface area contributed by atoms with Gasteiger partial charge in [0.25, 0.3) is 5.91 Å². The van der Waals surface area contributed by atoms with Gasteiger partial charge in [0.2, 0.25) is 0 Å². The van der Waals surface area contributed by atoms with Crippen LogP contribution in [0.15, 0.2) is 18.2 Å². The lowest BCUT2D eigenvalue weighted by atomic mass is 10.1. The Kier molecular flexibility index (Phi) is 4.39. The van der Waals surface area contributed by atoms with Crippen molar-refractivity contribution in [2.45, 2.75) is 13.0 Å². The molecule has 1 aromatic carbocycles. The molecule has 0 saturated carbocycles. The molecule has 1 rings (SSSR count). The van der Waals surface area contributed by atoms with E-state index in [-0.39, 0.29) is 12.1 Å². The molecule has 0 heterocycles. The number of carbonyl (C=O) groups excluding carboxylic acids is 1. The first-order chi connectivity index (χ1) is 7.56. The summed E-state index contributed by atoms with van der Waals surface area (Å²) in [5.74, 6) is -1.17. The normalized spacial score (nSPS) is 12.2. The van der Waals surface area contributed by atoms with Crippen molar-refractivity contribution in [3.05, 3.63) is 35.1 Å². The molecule has 0 aliphatic heterocycles. The van der Waals surface area contributed by atoms with Gasteiger partial charge in [-0.25, -0.2) is 4.39 Å². The molecule has 0 aliphatic carbocycles. The number of hydrogen-bond donors (Lipinski definition) is 3. The fraction of sp³-hybridized carbons (Fsp3) is 0.364. The lowest BCUT2D eigenvalue weighted by molar-refractivity contribution is 0.0799. The first kappa shape index (κ1) is 12.6. The number of rotatable bonds is 4. The number of carbonyl (C=O) groups is 1. The van der Waals surface area contributed by atoms with E-state index in [0.29, 0.717) is 5.56 Å². The fourth-order valence-corrected chi connectivity index (χ4v) is 1.19. The summed E-state index contributed by atoms with van der Waals surface area (Å²) >= 11 is 0. The van der Waals surface area contributed by atoms with Gasteiger partial charge in [-0.15, -0.1) is 0 Å². The zero-order chi connectivity index (χ0) is 12.1. The largest absolute Gasteiger partial charge is 0.394 e. The maximum Gasteiger partial charge on any atom is 0.254 e. The van der Waals surface area contributed by atoms with E-state index in [1.807, 2.05) is 0 Å². The molecule has 0 bridgehead atoms. The Morgan fingerprint density at radius 3 is 2.88 bits per heavy atom. The summed E-state index contributed by atoms with van der Waals surface area (Å²) in [7, 11) is 0. The van der Waals surface area contributed by atoms with Crippen LogP contribution in [-0.2, 0) is 0 Å². The van der Waals surface area contributed by atoms with Crippen LogP contribution in [0.3, 0.4) is 0 Å². The van der Waals surface area contributed by atoms with Crippen LogP contribution in [0.2, 0.25) is 0 Å². The van der Waals surface area contributed by atoms with Gasteiger partial charge < -0.3 is 15.5 Å². The number of hydrogen-bond acceptors (Lipinski definition) is 3. The number of aliphatic hydroxyl groups excluding tert-OH is 2. The van der Waals surface area contributed by atoms with E-state index < -0.39 is 24.4 Å². The SMILES string of the molecule is Cc1cccc(C(=O)NCC(O)CO)c1F. The third-order valence-electron chi connectivity index (χ3n) is 2.15. The molecular formula is C11H14FNO3. The molecule has 0 aromatic heterocycles. The van der Waals surface area contributed by atoms with Crippen LogP contribution >= 0.6 is 0 Å². The molecule has 4 nitrogen and oxygen atoms in total. The topological polar surface area (TPSA) is 69.6 Å². The van der Waals surface area contributed by atoms with E-state index in [4.69, 9.17) is 10.2 Å². The average molecular weight is 227 g/mol. The van der Waals surface area contributed by atoms with Gasteiger partial charge in [0.1, 0.15) is 5.82 Å². The second-order valence-corrected chi connectivity index (χ2v) is 3.48. The van der Waals surface area contributed by atoms with Gasteiger partial charge in [0.05, 0.1) is 18.3 Å². The van der Waals surface area contributed by atoms with Crippen molar-refractivity contribution < 1.29 is 19.4 Å². The molecular weight excluding hydrogens is 213 g/mol. The van der Waals surface area contributed by atoms with Gasteiger partial charge in [0, 0.05) is 6.54 Å². The fourth-order valence-electron chi connectivity index (χ4n) is 1.19. The van der Waals surface area contributed by atoms with Gasteiger partial charge in [-0.2, -0.15) is 0 Å². The predicted molar refractivity (Wildman–Crippen MR) is 56.6 cm³/mol. The number of aliphatic hydroxyl groups is 2. The molecule has 1 atom stereocenters. The highest BCUT2D eigenvalue weighted by molar-refractivity contribution is 5.94. The maximum absolute atomic E-state index is 13.5. The minimum absolute atomic E-state index is 0.0647. The Morgan fingerprint density at radius 2 is 2.25 bits per heavy atom. The van der Waals surface area contributed by atoms with Crippen LogP contribution in [0.1, 0.15) is 15.9 Å². The van der Waals surface area contributed by atoms with Crippen molar-refractivity contribution in [2.24, 2.45) is 0 Å². The third-order valence-corrected chi connectivity index (χ3v) is 2.15. The van der Waals surface area contributed by atoms with E-state index in [1.165, 1.54) is 6.07 Å². The monoisotopic (exact) mass is 227 g/mol. The third kappa shape index (κ3) is 3.01. The van der Waals surface area contributed by atoms with Crippen molar-refractivity contribution in [1.29, 1.82) is 0 Å². The molecule has 1 amide bonds. The first-order valence-electron chi connectivity index (χ1n) is 4.88. The zero-order valence-electron chi connectivity index (χ0n) is 8.90. The van der Waals surface area contributed by atoms with Gasteiger partial charge in [-0.05, 0) is 18.6 Å². The van der Waals surface area contributed by atoms with E-state index in [1.54, 1.807) is 19.1 Å². The molecule has 0 spiro atoms. The molecule has 0 saturated heterocycles. The van der Waals surface area contributed by atoms with Crippen LogP contribution in [0.4, 0.5) is 4.39 Å². The molecule has 1 aromatic rings. The summed E-state index contributed by atoms with van der Waals surface area (Å²) in [5.41, 5.74) is 0.320. The molecule has 0 radical (unpaired) electrons. The lowest BCUT2D eigenvalue weighted by Gasteiger charge is -2.10. The number of amides is 1. The van der Waals surface area contributed by atoms with E-state index >= 15 is 0 Å². The second-order valence-electron chi connectivity index (χ2n) is 3.48. The Bertz CT molecular complexity index is 381. The Labute approximate surface area is 92.7 Å². The summed E-state index contributed by atoms with van der Waals surface area (Å²) < 4.78 is 13.5. The first-order valence-corrected chi connectivity index (χ1v) is 4.88. The van der Waals surface area contributed by atoms with Gasteiger partial charge >= 0.3 is 0 Å². The molecule has 1 unspecified atom stereocenters. The van der Waals surface area contributed by atoms with Gasteiger partial charge in [-0.1, -0.05) is 12.1 Å². The quantitative estimate of drug-likeness (QED) is 0.689. The maximum atomic E-state index is 13.5. The highest BCUT2D eigenvalue weighted by atomic mass is 19.1. The van der Waals surface area contributed by atoms with E-state index in [2.05, 4.69) is 5.32 Å². The Morgan fingerprint density at radius 1 is 1.56 bits per heavy atom. The number of nitrogens with one attached hydrogen (secondary N) is 1. The van der Waals surface area contributed by atoms with Gasteiger partial charge in [-0.3, -0.25) is 4.79 Å². The van der Waals surface area contributed by atoms with Crippen LogP contribution in [-0.4, -0.2) is 35.4 Å². The highest BCUT2D eigenvalue weighted by Gasteiger charge is 2.13. The lowest BCUT2D eigenvalue weighted by Crippen LogP contribution is -2.34. The van der Waals surface area contributed by atoms with Crippen LogP contribution < -0.4 is 5.32 Å². The molecule has 5 heteroatoms. The molecule has 0 aliphatic rings. The van der Waals surface area contributed by atoms with Crippen molar-refractivity contribution in [3.63, 3.8) is 0 Å². The molecule has 16 heavy (non-hydrogen) atoms. The van der Waals surface area contributed by atoms with Crippen molar-refractivity contribution >= 4 is 5.91 Å².